The number of allylic oxidation sites excluding steroid dienone is 1. The summed E-state index contributed by atoms with van der Waals surface area (Å²) in [5.41, 5.74) is 7.18. The van der Waals surface area contributed by atoms with Gasteiger partial charge >= 0.3 is 0 Å². The van der Waals surface area contributed by atoms with Crippen LogP contribution in [-0.4, -0.2) is 31.3 Å². The molecule has 0 saturated carbocycles. The standard InChI is InChI=1S/C16H18N6O3S/c1-3-8-26-16-19-15-18-9(2)12(14(17)23)13(21(15)20-16)10-4-6-11(7-5-10)22(24)25/h4-7,13H,3,8H2,1-2H3,(H2,17,23)(H,18,19,20). The minimum Gasteiger partial charge on any atom is -0.366 e. The molecule has 1 aliphatic rings. The van der Waals surface area contributed by atoms with E-state index in [0.717, 1.165) is 12.2 Å². The fourth-order valence-electron chi connectivity index (χ4n) is 2.79. The molecule has 136 valence electrons. The molecule has 2 heterocycles. The Hall–Kier alpha value is -2.88. The summed E-state index contributed by atoms with van der Waals surface area (Å²) in [7, 11) is 0. The molecular weight excluding hydrogens is 356 g/mol. The van der Waals surface area contributed by atoms with Crippen LogP contribution in [0, 0.1) is 10.1 Å². The van der Waals surface area contributed by atoms with Gasteiger partial charge in [-0.25, -0.2) is 4.68 Å². The molecule has 0 spiro atoms. The van der Waals surface area contributed by atoms with E-state index in [1.165, 1.54) is 23.9 Å². The Morgan fingerprint density at radius 1 is 1.42 bits per heavy atom. The number of hydrogen-bond acceptors (Lipinski definition) is 7. The predicted molar refractivity (Wildman–Crippen MR) is 97.8 cm³/mol. The Kier molecular flexibility index (Phi) is 4.94. The molecule has 1 amide bonds. The van der Waals surface area contributed by atoms with Gasteiger partial charge in [0, 0.05) is 23.6 Å². The van der Waals surface area contributed by atoms with E-state index in [2.05, 4.69) is 22.3 Å². The molecule has 3 N–H and O–H groups in total. The lowest BCUT2D eigenvalue weighted by atomic mass is 9.95. The summed E-state index contributed by atoms with van der Waals surface area (Å²) in [6.07, 6.45) is 0.984. The van der Waals surface area contributed by atoms with Gasteiger partial charge in [-0.05, 0) is 31.0 Å². The average Bonchev–Trinajstić information content (AvgIpc) is 3.00. The first kappa shape index (κ1) is 17.9. The third kappa shape index (κ3) is 3.27. The molecular formula is C16H18N6O3S. The number of nitrogens with two attached hydrogens (primary N) is 1. The van der Waals surface area contributed by atoms with Crippen LogP contribution in [0.15, 0.2) is 40.7 Å². The van der Waals surface area contributed by atoms with Gasteiger partial charge in [-0.1, -0.05) is 18.7 Å². The molecule has 9 nitrogen and oxygen atoms in total. The highest BCUT2D eigenvalue weighted by atomic mass is 32.2. The molecule has 1 atom stereocenters. The quantitative estimate of drug-likeness (QED) is 0.451. The van der Waals surface area contributed by atoms with Crippen molar-refractivity contribution in [2.24, 2.45) is 5.73 Å². The van der Waals surface area contributed by atoms with Gasteiger partial charge in [0.1, 0.15) is 6.04 Å². The van der Waals surface area contributed by atoms with Crippen LogP contribution >= 0.6 is 11.8 Å². The molecule has 1 unspecified atom stereocenters. The van der Waals surface area contributed by atoms with Gasteiger partial charge in [-0.15, -0.1) is 5.10 Å². The van der Waals surface area contributed by atoms with Crippen molar-refractivity contribution in [2.75, 3.05) is 11.1 Å². The number of fused-ring (bicyclic) bond motifs is 1. The number of nitrogens with one attached hydrogen (secondary N) is 1. The van der Waals surface area contributed by atoms with Gasteiger partial charge in [-0.3, -0.25) is 14.9 Å². The summed E-state index contributed by atoms with van der Waals surface area (Å²) in [5, 5.41) is 19.1. The highest BCUT2D eigenvalue weighted by Crippen LogP contribution is 2.36. The van der Waals surface area contributed by atoms with Crippen LogP contribution < -0.4 is 11.1 Å². The molecule has 0 saturated heterocycles. The number of aromatic nitrogens is 3. The summed E-state index contributed by atoms with van der Waals surface area (Å²) in [4.78, 5) is 27.0. The zero-order chi connectivity index (χ0) is 18.8. The monoisotopic (exact) mass is 374 g/mol. The molecule has 1 aromatic heterocycles. The van der Waals surface area contributed by atoms with Gasteiger partial charge in [0.05, 0.1) is 10.5 Å². The molecule has 0 radical (unpaired) electrons. The zero-order valence-electron chi connectivity index (χ0n) is 14.3. The van der Waals surface area contributed by atoms with Crippen molar-refractivity contribution in [2.45, 2.75) is 31.5 Å². The van der Waals surface area contributed by atoms with Gasteiger partial charge in [-0.2, -0.15) is 4.98 Å². The van der Waals surface area contributed by atoms with E-state index in [0.29, 0.717) is 27.9 Å². The van der Waals surface area contributed by atoms with E-state index in [9.17, 15) is 14.9 Å². The fraction of sp³-hybridized carbons (Fsp3) is 0.312. The Balaban J connectivity index is 2.08. The smallest absolute Gasteiger partial charge is 0.269 e. The molecule has 1 aliphatic heterocycles. The lowest BCUT2D eigenvalue weighted by Gasteiger charge is -2.27. The maximum absolute atomic E-state index is 12.1. The highest BCUT2D eigenvalue weighted by Gasteiger charge is 2.33. The van der Waals surface area contributed by atoms with Gasteiger partial charge in [0.15, 0.2) is 0 Å². The minimum atomic E-state index is -0.590. The number of benzene rings is 1. The van der Waals surface area contributed by atoms with Crippen LogP contribution in [0.2, 0.25) is 0 Å². The van der Waals surface area contributed by atoms with Crippen molar-refractivity contribution in [3.63, 3.8) is 0 Å². The second kappa shape index (κ2) is 7.16. The van der Waals surface area contributed by atoms with Crippen LogP contribution in [0.25, 0.3) is 0 Å². The number of non-ortho nitro benzene ring substituents is 1. The van der Waals surface area contributed by atoms with E-state index in [-0.39, 0.29) is 5.69 Å². The summed E-state index contributed by atoms with van der Waals surface area (Å²) < 4.78 is 1.60. The third-order valence-electron chi connectivity index (χ3n) is 3.95. The fourth-order valence-corrected chi connectivity index (χ4v) is 3.48. The van der Waals surface area contributed by atoms with E-state index in [1.807, 2.05) is 0 Å². The molecule has 26 heavy (non-hydrogen) atoms. The molecule has 2 aromatic rings. The lowest BCUT2D eigenvalue weighted by molar-refractivity contribution is -0.384. The van der Waals surface area contributed by atoms with Crippen LogP contribution in [0.1, 0.15) is 31.9 Å². The van der Waals surface area contributed by atoms with Crippen molar-refractivity contribution in [1.82, 2.24) is 14.8 Å². The number of carbonyl (C=O) groups is 1. The SMILES string of the molecule is CCCSc1nc2n(n1)C(c1ccc([N+](=O)[O-])cc1)C(C(N)=O)=C(C)N2. The lowest BCUT2D eigenvalue weighted by Crippen LogP contribution is -2.31. The highest BCUT2D eigenvalue weighted by molar-refractivity contribution is 7.99. The molecule has 0 fully saturated rings. The van der Waals surface area contributed by atoms with E-state index >= 15 is 0 Å². The molecule has 3 rings (SSSR count). The van der Waals surface area contributed by atoms with Gasteiger partial charge < -0.3 is 11.1 Å². The number of thioether (sulfide) groups is 1. The molecule has 0 bridgehead atoms. The number of anilines is 1. The van der Waals surface area contributed by atoms with Gasteiger partial charge in [0.25, 0.3) is 5.69 Å². The number of carbonyl (C=O) groups excluding carboxylic acids is 1. The zero-order valence-corrected chi connectivity index (χ0v) is 15.1. The first-order valence-corrected chi connectivity index (χ1v) is 9.02. The Morgan fingerprint density at radius 3 is 2.69 bits per heavy atom. The van der Waals surface area contributed by atoms with Crippen LogP contribution in [-0.2, 0) is 4.79 Å². The van der Waals surface area contributed by atoms with Crippen molar-refractivity contribution in [3.8, 4) is 0 Å². The summed E-state index contributed by atoms with van der Waals surface area (Å²) in [5.74, 6) is 0.803. The first-order valence-electron chi connectivity index (χ1n) is 8.03. The van der Waals surface area contributed by atoms with Crippen LogP contribution in [0.3, 0.4) is 0 Å². The summed E-state index contributed by atoms with van der Waals surface area (Å²) in [6.45, 7) is 3.81. The number of nitro benzene ring substituents is 1. The number of nitrogens with zero attached hydrogens (tertiary/aromatic N) is 4. The Bertz CT molecular complexity index is 890. The number of nitro groups is 1. The van der Waals surface area contributed by atoms with Crippen molar-refractivity contribution in [3.05, 3.63) is 51.2 Å². The van der Waals surface area contributed by atoms with E-state index in [4.69, 9.17) is 5.73 Å². The van der Waals surface area contributed by atoms with Crippen molar-refractivity contribution < 1.29 is 9.72 Å². The minimum absolute atomic E-state index is 0.0259. The predicted octanol–water partition coefficient (Wildman–Crippen LogP) is 2.46. The summed E-state index contributed by atoms with van der Waals surface area (Å²) in [6, 6.07) is 5.42. The number of amides is 1. The van der Waals surface area contributed by atoms with Crippen LogP contribution in [0.4, 0.5) is 11.6 Å². The summed E-state index contributed by atoms with van der Waals surface area (Å²) >= 11 is 1.52. The topological polar surface area (TPSA) is 129 Å². The van der Waals surface area contributed by atoms with E-state index in [1.54, 1.807) is 23.7 Å². The largest absolute Gasteiger partial charge is 0.366 e. The maximum atomic E-state index is 12.1. The second-order valence-corrected chi connectivity index (χ2v) is 6.85. The van der Waals surface area contributed by atoms with Crippen molar-refractivity contribution in [1.29, 1.82) is 0 Å². The Morgan fingerprint density at radius 2 is 2.12 bits per heavy atom. The van der Waals surface area contributed by atoms with E-state index < -0.39 is 16.9 Å². The first-order chi connectivity index (χ1) is 12.4. The maximum Gasteiger partial charge on any atom is 0.269 e. The van der Waals surface area contributed by atoms with Crippen molar-refractivity contribution >= 4 is 29.3 Å². The second-order valence-electron chi connectivity index (χ2n) is 5.79. The van der Waals surface area contributed by atoms with Gasteiger partial charge in [0.2, 0.25) is 17.0 Å². The molecule has 1 aromatic carbocycles. The third-order valence-corrected chi connectivity index (χ3v) is 5.00. The molecule has 0 aliphatic carbocycles. The Labute approximate surface area is 153 Å². The van der Waals surface area contributed by atoms with Crippen LogP contribution in [0.5, 0.6) is 0 Å². The number of hydrogen-bond donors (Lipinski definition) is 2. The normalized spacial score (nSPS) is 16.2. The molecule has 10 heteroatoms. The number of rotatable bonds is 6. The average molecular weight is 374 g/mol. The number of primary amides is 1.